The molecule has 2 rings (SSSR count). The summed E-state index contributed by atoms with van der Waals surface area (Å²) < 4.78 is 0. The highest BCUT2D eigenvalue weighted by molar-refractivity contribution is 5.29. The number of phenols is 1. The Morgan fingerprint density at radius 3 is 2.33 bits per heavy atom. The van der Waals surface area contributed by atoms with Gasteiger partial charge in [-0.05, 0) is 37.1 Å². The highest BCUT2D eigenvalue weighted by atomic mass is 16.3. The fourth-order valence-electron chi connectivity index (χ4n) is 2.45. The number of phenolic OH excluding ortho intramolecular Hbond substituents is 1. The van der Waals surface area contributed by atoms with E-state index in [0.29, 0.717) is 6.42 Å². The predicted molar refractivity (Wildman–Crippen MR) is 83.8 cm³/mol. The SMILES string of the molecule is C[C@H](N[C@](C)(C#N)Cc1ccc(O)cc1)c1ccccc1. The molecule has 3 nitrogen and oxygen atoms in total. The molecule has 0 amide bonds. The maximum Gasteiger partial charge on any atom is 0.115 e. The second kappa shape index (κ2) is 6.43. The van der Waals surface area contributed by atoms with Crippen molar-refractivity contribution < 1.29 is 5.11 Å². The van der Waals surface area contributed by atoms with Crippen LogP contribution in [0.1, 0.15) is 31.0 Å². The molecule has 0 spiro atoms. The topological polar surface area (TPSA) is 56.0 Å². The van der Waals surface area contributed by atoms with E-state index in [1.807, 2.05) is 37.3 Å². The van der Waals surface area contributed by atoms with Crippen LogP contribution in [0.5, 0.6) is 5.75 Å². The van der Waals surface area contributed by atoms with Gasteiger partial charge < -0.3 is 5.11 Å². The second-order valence-corrected chi connectivity index (χ2v) is 5.56. The fourth-order valence-corrected chi connectivity index (χ4v) is 2.45. The Morgan fingerprint density at radius 2 is 1.76 bits per heavy atom. The molecule has 0 aliphatic carbocycles. The van der Waals surface area contributed by atoms with Crippen LogP contribution in [0.15, 0.2) is 54.6 Å². The normalized spacial score (nSPS) is 14.9. The van der Waals surface area contributed by atoms with Crippen LogP contribution in [0, 0.1) is 11.3 Å². The summed E-state index contributed by atoms with van der Waals surface area (Å²) in [5.74, 6) is 0.239. The molecular weight excluding hydrogens is 260 g/mol. The molecule has 2 N–H and O–H groups in total. The quantitative estimate of drug-likeness (QED) is 0.880. The monoisotopic (exact) mass is 280 g/mol. The van der Waals surface area contributed by atoms with E-state index in [9.17, 15) is 10.4 Å². The smallest absolute Gasteiger partial charge is 0.115 e. The lowest BCUT2D eigenvalue weighted by Gasteiger charge is -2.28. The van der Waals surface area contributed by atoms with Crippen LogP contribution in [-0.2, 0) is 6.42 Å². The van der Waals surface area contributed by atoms with E-state index in [1.165, 1.54) is 0 Å². The lowest BCUT2D eigenvalue weighted by Crippen LogP contribution is -2.44. The van der Waals surface area contributed by atoms with Gasteiger partial charge in [0.25, 0.3) is 0 Å². The van der Waals surface area contributed by atoms with Crippen molar-refractivity contribution in [1.29, 1.82) is 5.26 Å². The van der Waals surface area contributed by atoms with Crippen molar-refractivity contribution in [1.82, 2.24) is 5.32 Å². The molecule has 0 aliphatic heterocycles. The number of aromatic hydroxyl groups is 1. The van der Waals surface area contributed by atoms with E-state index >= 15 is 0 Å². The molecule has 0 radical (unpaired) electrons. The number of hydrogen-bond acceptors (Lipinski definition) is 3. The van der Waals surface area contributed by atoms with Crippen LogP contribution in [-0.4, -0.2) is 10.6 Å². The van der Waals surface area contributed by atoms with Crippen LogP contribution in [0.25, 0.3) is 0 Å². The third-order valence-corrected chi connectivity index (χ3v) is 3.58. The van der Waals surface area contributed by atoms with Gasteiger partial charge in [-0.25, -0.2) is 0 Å². The molecule has 2 atom stereocenters. The minimum absolute atomic E-state index is 0.0907. The molecule has 2 aromatic carbocycles. The van der Waals surface area contributed by atoms with Crippen LogP contribution in [0.2, 0.25) is 0 Å². The van der Waals surface area contributed by atoms with Crippen molar-refractivity contribution >= 4 is 0 Å². The van der Waals surface area contributed by atoms with E-state index in [0.717, 1.165) is 11.1 Å². The summed E-state index contributed by atoms with van der Waals surface area (Å²) in [5.41, 5.74) is 1.51. The maximum atomic E-state index is 9.54. The molecule has 0 aliphatic rings. The van der Waals surface area contributed by atoms with Gasteiger partial charge in [-0.1, -0.05) is 42.5 Å². The van der Waals surface area contributed by atoms with Gasteiger partial charge in [-0.2, -0.15) is 5.26 Å². The van der Waals surface area contributed by atoms with Crippen molar-refractivity contribution in [3.05, 3.63) is 65.7 Å². The Labute approximate surface area is 125 Å². The molecule has 0 saturated heterocycles. The first kappa shape index (κ1) is 15.1. The van der Waals surface area contributed by atoms with E-state index in [2.05, 4.69) is 30.4 Å². The van der Waals surface area contributed by atoms with E-state index in [4.69, 9.17) is 0 Å². The Morgan fingerprint density at radius 1 is 1.14 bits per heavy atom. The minimum Gasteiger partial charge on any atom is -0.508 e. The standard InChI is InChI=1S/C18H20N2O/c1-14(16-6-4-3-5-7-16)20-18(2,13-19)12-15-8-10-17(21)11-9-15/h3-11,14,20-21H,12H2,1-2H3/t14-,18-/m0/s1. The zero-order valence-corrected chi connectivity index (χ0v) is 12.4. The van der Waals surface area contributed by atoms with Crippen molar-refractivity contribution in [3.63, 3.8) is 0 Å². The number of nitriles is 1. The summed E-state index contributed by atoms with van der Waals surface area (Å²) in [7, 11) is 0. The van der Waals surface area contributed by atoms with Gasteiger partial charge in [0.1, 0.15) is 11.3 Å². The average molecular weight is 280 g/mol. The minimum atomic E-state index is -0.660. The molecule has 21 heavy (non-hydrogen) atoms. The van der Waals surface area contributed by atoms with Crippen molar-refractivity contribution in [2.24, 2.45) is 0 Å². The molecule has 0 aromatic heterocycles. The van der Waals surface area contributed by atoms with Crippen molar-refractivity contribution in [2.45, 2.75) is 31.8 Å². The number of nitrogens with one attached hydrogen (secondary N) is 1. The molecule has 0 unspecified atom stereocenters. The zero-order valence-electron chi connectivity index (χ0n) is 12.4. The van der Waals surface area contributed by atoms with Crippen LogP contribution in [0.4, 0.5) is 0 Å². The Balaban J connectivity index is 2.10. The zero-order chi connectivity index (χ0) is 15.3. The van der Waals surface area contributed by atoms with Gasteiger partial charge >= 0.3 is 0 Å². The third-order valence-electron chi connectivity index (χ3n) is 3.58. The summed E-state index contributed by atoms with van der Waals surface area (Å²) in [6.07, 6.45) is 0.584. The van der Waals surface area contributed by atoms with Crippen LogP contribution in [0.3, 0.4) is 0 Å². The van der Waals surface area contributed by atoms with Gasteiger partial charge in [-0.15, -0.1) is 0 Å². The van der Waals surface area contributed by atoms with E-state index < -0.39 is 5.54 Å². The first-order valence-corrected chi connectivity index (χ1v) is 7.04. The van der Waals surface area contributed by atoms with Crippen molar-refractivity contribution in [3.8, 4) is 11.8 Å². The summed E-state index contributed by atoms with van der Waals surface area (Å²) in [6, 6.07) is 19.5. The summed E-state index contributed by atoms with van der Waals surface area (Å²) >= 11 is 0. The highest BCUT2D eigenvalue weighted by Crippen LogP contribution is 2.20. The lowest BCUT2D eigenvalue weighted by molar-refractivity contribution is 0.394. The van der Waals surface area contributed by atoms with Crippen LogP contribution < -0.4 is 5.32 Å². The lowest BCUT2D eigenvalue weighted by atomic mass is 9.92. The summed E-state index contributed by atoms with van der Waals surface area (Å²) in [5, 5.41) is 22.3. The second-order valence-electron chi connectivity index (χ2n) is 5.56. The molecule has 2 aromatic rings. The maximum absolute atomic E-state index is 9.54. The fraction of sp³-hybridized carbons (Fsp3) is 0.278. The average Bonchev–Trinajstić information content (AvgIpc) is 2.50. The number of nitrogens with zero attached hydrogens (tertiary/aromatic N) is 1. The Kier molecular flexibility index (Phi) is 4.62. The molecule has 3 heteroatoms. The Hall–Kier alpha value is -2.31. The van der Waals surface area contributed by atoms with Gasteiger partial charge in [0.05, 0.1) is 6.07 Å². The molecule has 0 bridgehead atoms. The largest absolute Gasteiger partial charge is 0.508 e. The molecular formula is C18H20N2O. The van der Waals surface area contributed by atoms with E-state index in [-0.39, 0.29) is 11.8 Å². The first-order chi connectivity index (χ1) is 10.0. The predicted octanol–water partition coefficient (Wildman–Crippen LogP) is 3.57. The van der Waals surface area contributed by atoms with E-state index in [1.54, 1.807) is 12.1 Å². The first-order valence-electron chi connectivity index (χ1n) is 7.04. The molecule has 0 fully saturated rings. The number of rotatable bonds is 5. The van der Waals surface area contributed by atoms with Crippen LogP contribution >= 0.6 is 0 Å². The van der Waals surface area contributed by atoms with Gasteiger partial charge in [0.15, 0.2) is 0 Å². The highest BCUT2D eigenvalue weighted by Gasteiger charge is 2.26. The summed E-state index contributed by atoms with van der Waals surface area (Å²) in [6.45, 7) is 3.96. The van der Waals surface area contributed by atoms with Gasteiger partial charge in [-0.3, -0.25) is 5.32 Å². The Bertz CT molecular complexity index is 616. The van der Waals surface area contributed by atoms with Gasteiger partial charge in [0.2, 0.25) is 0 Å². The molecule has 108 valence electrons. The summed E-state index contributed by atoms with van der Waals surface area (Å²) in [4.78, 5) is 0. The molecule has 0 heterocycles. The number of hydrogen-bond donors (Lipinski definition) is 2. The van der Waals surface area contributed by atoms with Crippen molar-refractivity contribution in [2.75, 3.05) is 0 Å². The number of benzene rings is 2. The molecule has 0 saturated carbocycles. The van der Waals surface area contributed by atoms with Gasteiger partial charge in [0, 0.05) is 12.5 Å². The third kappa shape index (κ3) is 4.08.